The third kappa shape index (κ3) is 3.11. The van der Waals surface area contributed by atoms with Crippen molar-refractivity contribution in [2.45, 2.75) is 26.7 Å². The van der Waals surface area contributed by atoms with Crippen LogP contribution in [0.4, 0.5) is 0 Å². The standard InChI is InChI=1S/C10H22N2/c1-9-6-10(2)8-12(7-9)5-3-4-11/h9-10H,3-8,11H2,1-2H3/p+2/t9-,10+. The van der Waals surface area contributed by atoms with E-state index in [1.165, 1.54) is 32.5 Å². The highest BCUT2D eigenvalue weighted by atomic mass is 15.1. The molecule has 1 aliphatic rings. The van der Waals surface area contributed by atoms with Gasteiger partial charge in [0.1, 0.15) is 0 Å². The highest BCUT2D eigenvalue weighted by molar-refractivity contribution is 4.62. The maximum absolute atomic E-state index is 3.89. The lowest BCUT2D eigenvalue weighted by Gasteiger charge is -2.31. The second kappa shape index (κ2) is 4.83. The fraction of sp³-hybridized carbons (Fsp3) is 1.00. The summed E-state index contributed by atoms with van der Waals surface area (Å²) in [6.45, 7) is 10.0. The minimum atomic E-state index is 0.938. The smallest absolute Gasteiger partial charge is 0.0825 e. The van der Waals surface area contributed by atoms with E-state index in [0.29, 0.717) is 0 Å². The van der Waals surface area contributed by atoms with Crippen molar-refractivity contribution in [2.75, 3.05) is 26.2 Å². The zero-order chi connectivity index (χ0) is 8.97. The lowest BCUT2D eigenvalue weighted by molar-refractivity contribution is -0.912. The Morgan fingerprint density at radius 2 is 1.83 bits per heavy atom. The molecule has 2 heteroatoms. The molecule has 1 rings (SSSR count). The van der Waals surface area contributed by atoms with Gasteiger partial charge >= 0.3 is 0 Å². The molecule has 0 aromatic rings. The van der Waals surface area contributed by atoms with Crippen LogP contribution < -0.4 is 10.6 Å². The quantitative estimate of drug-likeness (QED) is 0.557. The normalized spacial score (nSPS) is 36.8. The predicted molar refractivity (Wildman–Crippen MR) is 50.9 cm³/mol. The second-order valence-electron chi connectivity index (χ2n) is 4.56. The Kier molecular flexibility index (Phi) is 4.02. The SMILES string of the molecule is C[C@@H]1C[C@H](C)C[NH+](CCC[NH3+])C1. The Morgan fingerprint density at radius 3 is 2.33 bits per heavy atom. The first-order chi connectivity index (χ1) is 5.72. The van der Waals surface area contributed by atoms with Gasteiger partial charge in [-0.2, -0.15) is 0 Å². The number of likely N-dealkylation sites (tertiary alicyclic amines) is 1. The summed E-state index contributed by atoms with van der Waals surface area (Å²) in [4.78, 5) is 1.81. The predicted octanol–water partition coefficient (Wildman–Crippen LogP) is -0.821. The van der Waals surface area contributed by atoms with Crippen molar-refractivity contribution in [2.24, 2.45) is 11.8 Å². The van der Waals surface area contributed by atoms with Crippen LogP contribution in [0.15, 0.2) is 0 Å². The van der Waals surface area contributed by atoms with Gasteiger partial charge in [0.2, 0.25) is 0 Å². The van der Waals surface area contributed by atoms with Crippen molar-refractivity contribution in [3.63, 3.8) is 0 Å². The van der Waals surface area contributed by atoms with Gasteiger partial charge in [0.25, 0.3) is 0 Å². The molecule has 1 saturated heterocycles. The van der Waals surface area contributed by atoms with Gasteiger partial charge in [-0.15, -0.1) is 0 Å². The summed E-state index contributed by atoms with van der Waals surface area (Å²) in [6.07, 6.45) is 2.74. The van der Waals surface area contributed by atoms with Gasteiger partial charge < -0.3 is 10.6 Å². The van der Waals surface area contributed by atoms with Gasteiger partial charge in [0, 0.05) is 18.3 Å². The molecule has 1 heterocycles. The first kappa shape index (κ1) is 10.0. The van der Waals surface area contributed by atoms with Crippen molar-refractivity contribution in [3.05, 3.63) is 0 Å². The van der Waals surface area contributed by atoms with Crippen molar-refractivity contribution >= 4 is 0 Å². The maximum Gasteiger partial charge on any atom is 0.0825 e. The minimum Gasteiger partial charge on any atom is -0.357 e. The van der Waals surface area contributed by atoms with Crippen molar-refractivity contribution < 1.29 is 10.6 Å². The van der Waals surface area contributed by atoms with Crippen molar-refractivity contribution in [1.82, 2.24) is 0 Å². The summed E-state index contributed by atoms with van der Waals surface area (Å²) >= 11 is 0. The third-order valence-electron chi connectivity index (χ3n) is 2.86. The molecule has 0 spiro atoms. The number of piperidine rings is 1. The Hall–Kier alpha value is -0.0800. The Morgan fingerprint density at radius 1 is 1.25 bits per heavy atom. The molecule has 1 aliphatic heterocycles. The van der Waals surface area contributed by atoms with Crippen LogP contribution in [-0.2, 0) is 0 Å². The van der Waals surface area contributed by atoms with Crippen molar-refractivity contribution in [1.29, 1.82) is 0 Å². The van der Waals surface area contributed by atoms with Gasteiger partial charge in [-0.25, -0.2) is 0 Å². The summed E-state index contributed by atoms with van der Waals surface area (Å²) in [5.74, 6) is 1.88. The van der Waals surface area contributed by atoms with E-state index in [2.05, 4.69) is 19.6 Å². The molecule has 0 aromatic carbocycles. The Labute approximate surface area is 76.1 Å². The average molecular weight is 172 g/mol. The third-order valence-corrected chi connectivity index (χ3v) is 2.86. The minimum absolute atomic E-state index is 0.938. The molecule has 0 aliphatic carbocycles. The van der Waals surface area contributed by atoms with E-state index in [-0.39, 0.29) is 0 Å². The fourth-order valence-corrected chi connectivity index (χ4v) is 2.50. The highest BCUT2D eigenvalue weighted by Crippen LogP contribution is 2.11. The van der Waals surface area contributed by atoms with Gasteiger partial charge in [-0.05, 0) is 6.42 Å². The summed E-state index contributed by atoms with van der Waals surface area (Å²) in [5, 5.41) is 0. The number of nitrogens with one attached hydrogen (secondary N) is 1. The number of hydrogen-bond acceptors (Lipinski definition) is 0. The summed E-state index contributed by atoms with van der Waals surface area (Å²) in [7, 11) is 0. The lowest BCUT2D eigenvalue weighted by Crippen LogP contribution is -3.14. The van der Waals surface area contributed by atoms with Crippen LogP contribution in [0.5, 0.6) is 0 Å². The highest BCUT2D eigenvalue weighted by Gasteiger charge is 2.24. The maximum atomic E-state index is 3.89. The zero-order valence-electron chi connectivity index (χ0n) is 8.60. The molecule has 0 radical (unpaired) electrons. The molecule has 1 unspecified atom stereocenters. The topological polar surface area (TPSA) is 32.1 Å². The largest absolute Gasteiger partial charge is 0.357 e. The fourth-order valence-electron chi connectivity index (χ4n) is 2.50. The molecule has 0 aromatic heterocycles. The molecule has 0 amide bonds. The molecule has 0 saturated carbocycles. The van der Waals surface area contributed by atoms with Crippen LogP contribution in [-0.4, -0.2) is 26.2 Å². The Bertz CT molecular complexity index is 115. The van der Waals surface area contributed by atoms with Crippen molar-refractivity contribution in [3.8, 4) is 0 Å². The van der Waals surface area contributed by atoms with Crippen LogP contribution in [0.1, 0.15) is 26.7 Å². The van der Waals surface area contributed by atoms with Crippen LogP contribution in [0, 0.1) is 11.8 Å². The monoisotopic (exact) mass is 172 g/mol. The molecule has 2 nitrogen and oxygen atoms in total. The second-order valence-corrected chi connectivity index (χ2v) is 4.56. The zero-order valence-corrected chi connectivity index (χ0v) is 8.60. The first-order valence-corrected chi connectivity index (χ1v) is 5.35. The van der Waals surface area contributed by atoms with E-state index < -0.39 is 0 Å². The van der Waals surface area contributed by atoms with E-state index in [1.807, 2.05) is 4.90 Å². The van der Waals surface area contributed by atoms with Crippen LogP contribution in [0.2, 0.25) is 0 Å². The number of rotatable bonds is 3. The van der Waals surface area contributed by atoms with Crippen LogP contribution in [0.25, 0.3) is 0 Å². The summed E-state index contributed by atoms with van der Waals surface area (Å²) in [6, 6.07) is 0. The number of quaternary nitrogens is 2. The van der Waals surface area contributed by atoms with Gasteiger partial charge in [0.05, 0.1) is 26.2 Å². The van der Waals surface area contributed by atoms with E-state index in [0.717, 1.165) is 18.4 Å². The van der Waals surface area contributed by atoms with E-state index in [9.17, 15) is 0 Å². The summed E-state index contributed by atoms with van der Waals surface area (Å²) < 4.78 is 0. The Balaban J connectivity index is 2.24. The van der Waals surface area contributed by atoms with E-state index >= 15 is 0 Å². The molecule has 1 fully saturated rings. The van der Waals surface area contributed by atoms with Gasteiger partial charge in [-0.1, -0.05) is 13.8 Å². The van der Waals surface area contributed by atoms with E-state index in [1.54, 1.807) is 0 Å². The van der Waals surface area contributed by atoms with Gasteiger partial charge in [0.15, 0.2) is 0 Å². The number of hydrogen-bond donors (Lipinski definition) is 2. The molecule has 3 atom stereocenters. The molecular formula is C10H24N2+2. The summed E-state index contributed by atoms with van der Waals surface area (Å²) in [5.41, 5.74) is 3.89. The molecule has 0 bridgehead atoms. The van der Waals surface area contributed by atoms with Crippen LogP contribution in [0.3, 0.4) is 0 Å². The van der Waals surface area contributed by atoms with E-state index in [4.69, 9.17) is 0 Å². The van der Waals surface area contributed by atoms with Crippen LogP contribution >= 0.6 is 0 Å². The molecule has 72 valence electrons. The molecule has 12 heavy (non-hydrogen) atoms. The molecule has 4 N–H and O–H groups in total. The lowest BCUT2D eigenvalue weighted by atomic mass is 9.92. The average Bonchev–Trinajstić information content (AvgIpc) is 1.99. The first-order valence-electron chi connectivity index (χ1n) is 5.35. The van der Waals surface area contributed by atoms with Gasteiger partial charge in [-0.3, -0.25) is 0 Å². The molecular weight excluding hydrogens is 148 g/mol.